The first kappa shape index (κ1) is 13.5. The van der Waals surface area contributed by atoms with Gasteiger partial charge in [0, 0.05) is 10.0 Å². The molecule has 0 radical (unpaired) electrons. The van der Waals surface area contributed by atoms with E-state index in [0.717, 1.165) is 4.47 Å². The molecule has 104 valence electrons. The van der Waals surface area contributed by atoms with Crippen LogP contribution in [-0.4, -0.2) is 17.6 Å². The number of aromatic carboxylic acids is 1. The first-order chi connectivity index (χ1) is 10.0. The predicted molar refractivity (Wildman–Crippen MR) is 79.7 cm³/mol. The van der Waals surface area contributed by atoms with Crippen molar-refractivity contribution in [2.45, 2.75) is 0 Å². The molecule has 0 unspecified atom stereocenters. The smallest absolute Gasteiger partial charge is 0.275 e. The number of carboxylic acid groups (broad SMARTS) is 1. The van der Waals surface area contributed by atoms with Gasteiger partial charge >= 0.3 is 0 Å². The van der Waals surface area contributed by atoms with Crippen LogP contribution in [0.2, 0.25) is 0 Å². The summed E-state index contributed by atoms with van der Waals surface area (Å²) in [6.07, 6.45) is 0. The van der Waals surface area contributed by atoms with Gasteiger partial charge in [-0.2, -0.15) is 0 Å². The Morgan fingerprint density at radius 1 is 1.19 bits per heavy atom. The summed E-state index contributed by atoms with van der Waals surface area (Å²) in [7, 11) is 0. The summed E-state index contributed by atoms with van der Waals surface area (Å²) >= 11 is 3.35. The minimum absolute atomic E-state index is 0.0183. The molecule has 0 spiro atoms. The number of hydrogen-bond acceptors (Lipinski definition) is 4. The van der Waals surface area contributed by atoms with Crippen LogP contribution in [0.4, 0.5) is 11.4 Å². The van der Waals surface area contributed by atoms with Crippen LogP contribution in [0.1, 0.15) is 15.9 Å². The summed E-state index contributed by atoms with van der Waals surface area (Å²) < 4.78 is 0.828. The summed E-state index contributed by atoms with van der Waals surface area (Å²) in [6.45, 7) is 0. The molecule has 0 saturated carbocycles. The maximum absolute atomic E-state index is 12.0. The Hall–Kier alpha value is -2.47. The number of aliphatic imine (C=N–C) groups is 1. The molecule has 0 saturated heterocycles. The lowest BCUT2D eigenvalue weighted by atomic mass is 10.1. The topological polar surface area (TPSA) is 81.6 Å². The summed E-state index contributed by atoms with van der Waals surface area (Å²) in [5.41, 5.74) is 2.01. The van der Waals surface area contributed by atoms with Crippen molar-refractivity contribution in [2.75, 3.05) is 5.32 Å². The average Bonchev–Trinajstić information content (AvgIpc) is 2.75. The molecule has 0 aromatic heterocycles. The van der Waals surface area contributed by atoms with Crippen molar-refractivity contribution in [1.82, 2.24) is 0 Å². The van der Waals surface area contributed by atoms with Gasteiger partial charge in [-0.3, -0.25) is 4.79 Å². The van der Waals surface area contributed by atoms with Crippen molar-refractivity contribution in [3.8, 4) is 0 Å². The van der Waals surface area contributed by atoms with Crippen molar-refractivity contribution in [1.29, 1.82) is 0 Å². The predicted octanol–water partition coefficient (Wildman–Crippen LogP) is 1.89. The van der Waals surface area contributed by atoms with E-state index in [1.807, 2.05) is 6.07 Å². The van der Waals surface area contributed by atoms with E-state index in [1.54, 1.807) is 24.3 Å². The number of hydrogen-bond donors (Lipinski definition) is 1. The summed E-state index contributed by atoms with van der Waals surface area (Å²) in [4.78, 5) is 27.1. The molecule has 0 aliphatic carbocycles. The largest absolute Gasteiger partial charge is 0.545 e. The molecule has 0 atom stereocenters. The lowest BCUT2D eigenvalue weighted by molar-refractivity contribution is -0.255. The third-order valence-electron chi connectivity index (χ3n) is 3.02. The standard InChI is InChI=1S/C15H9BrN2O3/c16-9-4-5-12-11(7-9)13(14(19)18-12)17-10-3-1-2-8(6-10)15(20)21/h1-7H,(H,20,21)(H,17,18,19)/p-1. The number of carbonyl (C=O) groups is 2. The van der Waals surface area contributed by atoms with E-state index in [-0.39, 0.29) is 17.2 Å². The maximum Gasteiger partial charge on any atom is 0.275 e. The molecule has 3 rings (SSSR count). The molecule has 21 heavy (non-hydrogen) atoms. The minimum Gasteiger partial charge on any atom is -0.545 e. The fourth-order valence-corrected chi connectivity index (χ4v) is 2.43. The van der Waals surface area contributed by atoms with E-state index in [2.05, 4.69) is 26.2 Å². The van der Waals surface area contributed by atoms with Gasteiger partial charge in [-0.1, -0.05) is 28.1 Å². The quantitative estimate of drug-likeness (QED) is 0.903. The number of benzene rings is 2. The SMILES string of the molecule is O=C1Nc2ccc(Br)cc2C1=Nc1cccc(C(=O)[O-])c1. The van der Waals surface area contributed by atoms with Gasteiger partial charge in [0.25, 0.3) is 5.91 Å². The second kappa shape index (κ2) is 5.14. The van der Waals surface area contributed by atoms with E-state index in [0.29, 0.717) is 16.9 Å². The number of anilines is 1. The molecule has 2 aromatic carbocycles. The fourth-order valence-electron chi connectivity index (χ4n) is 2.07. The number of nitrogens with one attached hydrogen (secondary N) is 1. The van der Waals surface area contributed by atoms with Crippen LogP contribution in [0.5, 0.6) is 0 Å². The number of carbonyl (C=O) groups excluding carboxylic acids is 2. The zero-order valence-corrected chi connectivity index (χ0v) is 12.2. The van der Waals surface area contributed by atoms with Crippen LogP contribution >= 0.6 is 15.9 Å². The first-order valence-electron chi connectivity index (χ1n) is 6.06. The highest BCUT2D eigenvalue weighted by molar-refractivity contribution is 9.10. The van der Waals surface area contributed by atoms with Crippen molar-refractivity contribution in [3.05, 3.63) is 58.1 Å². The molecule has 1 N–H and O–H groups in total. The van der Waals surface area contributed by atoms with Gasteiger partial charge in [0.2, 0.25) is 0 Å². The Morgan fingerprint density at radius 3 is 2.76 bits per heavy atom. The molecule has 5 nitrogen and oxygen atoms in total. The van der Waals surface area contributed by atoms with Crippen LogP contribution in [0.3, 0.4) is 0 Å². The molecule has 1 aliphatic rings. The van der Waals surface area contributed by atoms with Crippen LogP contribution in [0, 0.1) is 0 Å². The van der Waals surface area contributed by atoms with Gasteiger partial charge in [0.05, 0.1) is 17.3 Å². The Labute approximate surface area is 128 Å². The Kier molecular flexibility index (Phi) is 3.31. The second-order valence-electron chi connectivity index (χ2n) is 4.44. The fraction of sp³-hybridized carbons (Fsp3) is 0. The number of fused-ring (bicyclic) bond motifs is 1. The molecule has 1 heterocycles. The van der Waals surface area contributed by atoms with Crippen LogP contribution in [0.15, 0.2) is 51.9 Å². The molecule has 1 amide bonds. The highest BCUT2D eigenvalue weighted by Crippen LogP contribution is 2.28. The van der Waals surface area contributed by atoms with E-state index in [4.69, 9.17) is 0 Å². The lowest BCUT2D eigenvalue weighted by Crippen LogP contribution is -2.21. The number of halogens is 1. The second-order valence-corrected chi connectivity index (χ2v) is 5.36. The molecule has 6 heteroatoms. The zero-order chi connectivity index (χ0) is 15.0. The van der Waals surface area contributed by atoms with Crippen molar-refractivity contribution < 1.29 is 14.7 Å². The maximum atomic E-state index is 12.0. The van der Waals surface area contributed by atoms with Gasteiger partial charge in [-0.05, 0) is 35.9 Å². The first-order valence-corrected chi connectivity index (χ1v) is 6.85. The van der Waals surface area contributed by atoms with E-state index in [9.17, 15) is 14.7 Å². The minimum atomic E-state index is -1.28. The third kappa shape index (κ3) is 2.57. The Balaban J connectivity index is 2.08. The number of rotatable bonds is 2. The average molecular weight is 344 g/mol. The third-order valence-corrected chi connectivity index (χ3v) is 3.52. The van der Waals surface area contributed by atoms with Crippen molar-refractivity contribution in [2.24, 2.45) is 4.99 Å². The molecule has 0 bridgehead atoms. The molecule has 2 aromatic rings. The Bertz CT molecular complexity index is 799. The zero-order valence-electron chi connectivity index (χ0n) is 10.6. The highest BCUT2D eigenvalue weighted by atomic mass is 79.9. The van der Waals surface area contributed by atoms with Crippen LogP contribution in [-0.2, 0) is 4.79 Å². The number of amides is 1. The van der Waals surface area contributed by atoms with Gasteiger partial charge < -0.3 is 15.2 Å². The summed E-state index contributed by atoms with van der Waals surface area (Å²) in [5, 5.41) is 13.6. The van der Waals surface area contributed by atoms with E-state index >= 15 is 0 Å². The normalized spacial score (nSPS) is 14.9. The van der Waals surface area contributed by atoms with Crippen LogP contribution < -0.4 is 10.4 Å². The van der Waals surface area contributed by atoms with Gasteiger partial charge in [0.15, 0.2) is 0 Å². The summed E-state index contributed by atoms with van der Waals surface area (Å²) in [6, 6.07) is 11.3. The van der Waals surface area contributed by atoms with Crippen LogP contribution in [0.25, 0.3) is 0 Å². The Morgan fingerprint density at radius 2 is 2.00 bits per heavy atom. The number of nitrogens with zero attached hydrogens (tertiary/aromatic N) is 1. The van der Waals surface area contributed by atoms with E-state index in [1.165, 1.54) is 12.1 Å². The monoisotopic (exact) mass is 343 g/mol. The van der Waals surface area contributed by atoms with Gasteiger partial charge in [-0.15, -0.1) is 0 Å². The van der Waals surface area contributed by atoms with Crippen molar-refractivity contribution in [3.63, 3.8) is 0 Å². The molecular weight excluding hydrogens is 336 g/mol. The van der Waals surface area contributed by atoms with Gasteiger partial charge in [0.1, 0.15) is 5.71 Å². The molecule has 1 aliphatic heterocycles. The van der Waals surface area contributed by atoms with Gasteiger partial charge in [-0.25, -0.2) is 4.99 Å². The number of carboxylic acids is 1. The molecular formula is C15H8BrN2O3-. The lowest BCUT2D eigenvalue weighted by Gasteiger charge is -2.03. The summed E-state index contributed by atoms with van der Waals surface area (Å²) in [5.74, 6) is -1.60. The van der Waals surface area contributed by atoms with Crippen molar-refractivity contribution >= 4 is 44.9 Å². The highest BCUT2D eigenvalue weighted by Gasteiger charge is 2.26. The van der Waals surface area contributed by atoms with E-state index < -0.39 is 5.97 Å². The molecule has 0 fully saturated rings.